The highest BCUT2D eigenvalue weighted by Crippen LogP contribution is 2.34. The maximum absolute atomic E-state index is 14.0. The average Bonchev–Trinajstić information content (AvgIpc) is 2.89. The lowest BCUT2D eigenvalue weighted by atomic mass is 10.1. The third kappa shape index (κ3) is 7.55. The van der Waals surface area contributed by atoms with E-state index < -0.39 is 28.5 Å². The Kier molecular flexibility index (Phi) is 10.2. The summed E-state index contributed by atoms with van der Waals surface area (Å²) in [6.45, 7) is 8.45. The van der Waals surface area contributed by atoms with Crippen LogP contribution in [0.2, 0.25) is 5.02 Å². The van der Waals surface area contributed by atoms with Gasteiger partial charge in [-0.15, -0.1) is 0 Å². The predicted molar refractivity (Wildman–Crippen MR) is 158 cm³/mol. The van der Waals surface area contributed by atoms with Crippen LogP contribution < -0.4 is 14.4 Å². The number of nitrogens with one attached hydrogen (secondary N) is 1. The van der Waals surface area contributed by atoms with Gasteiger partial charge in [0.25, 0.3) is 10.0 Å². The lowest BCUT2D eigenvalue weighted by molar-refractivity contribution is -0.139. The second kappa shape index (κ2) is 13.2. The molecule has 0 saturated heterocycles. The fourth-order valence-electron chi connectivity index (χ4n) is 4.17. The summed E-state index contributed by atoms with van der Waals surface area (Å²) in [4.78, 5) is 28.4. The molecule has 40 heavy (non-hydrogen) atoms. The van der Waals surface area contributed by atoms with Crippen molar-refractivity contribution in [1.29, 1.82) is 0 Å². The van der Waals surface area contributed by atoms with Crippen LogP contribution in [0.25, 0.3) is 0 Å². The highest BCUT2D eigenvalue weighted by molar-refractivity contribution is 7.92. The van der Waals surface area contributed by atoms with Crippen LogP contribution in [-0.2, 0) is 26.2 Å². The molecular weight excluding hydrogens is 550 g/mol. The zero-order valence-electron chi connectivity index (χ0n) is 23.6. The first kappa shape index (κ1) is 31.0. The summed E-state index contributed by atoms with van der Waals surface area (Å²) in [5.74, 6) is -0.627. The zero-order chi connectivity index (χ0) is 29.6. The molecule has 0 aliphatic rings. The molecule has 2 amide bonds. The van der Waals surface area contributed by atoms with E-state index in [9.17, 15) is 18.0 Å². The van der Waals surface area contributed by atoms with Crippen molar-refractivity contribution >= 4 is 39.1 Å². The molecule has 0 aliphatic heterocycles. The number of hydrogen-bond donors (Lipinski definition) is 1. The monoisotopic (exact) mass is 585 g/mol. The van der Waals surface area contributed by atoms with Gasteiger partial charge in [-0.2, -0.15) is 0 Å². The maximum Gasteiger partial charge on any atom is 0.264 e. The molecule has 8 nitrogen and oxygen atoms in total. The van der Waals surface area contributed by atoms with Crippen LogP contribution in [0.4, 0.5) is 5.69 Å². The van der Waals surface area contributed by atoms with Crippen LogP contribution in [0.15, 0.2) is 71.6 Å². The van der Waals surface area contributed by atoms with E-state index >= 15 is 0 Å². The van der Waals surface area contributed by atoms with E-state index in [-0.39, 0.29) is 29.1 Å². The number of aryl methyl sites for hydroxylation is 2. The molecule has 3 aromatic carbocycles. The smallest absolute Gasteiger partial charge is 0.264 e. The van der Waals surface area contributed by atoms with Crippen LogP contribution >= 0.6 is 11.6 Å². The van der Waals surface area contributed by atoms with Crippen molar-refractivity contribution < 1.29 is 22.7 Å². The Labute approximate surface area is 241 Å². The van der Waals surface area contributed by atoms with Crippen molar-refractivity contribution in [2.45, 2.75) is 58.1 Å². The number of amides is 2. The van der Waals surface area contributed by atoms with Crippen LogP contribution in [-0.4, -0.2) is 50.9 Å². The Morgan fingerprint density at radius 2 is 1.60 bits per heavy atom. The first-order valence-corrected chi connectivity index (χ1v) is 14.7. The number of carbonyl (C=O) groups is 2. The van der Waals surface area contributed by atoms with Crippen molar-refractivity contribution in [3.8, 4) is 5.75 Å². The predicted octanol–water partition coefficient (Wildman–Crippen LogP) is 5.10. The minimum Gasteiger partial charge on any atom is -0.495 e. The summed E-state index contributed by atoms with van der Waals surface area (Å²) >= 11 is 6.19. The van der Waals surface area contributed by atoms with Crippen molar-refractivity contribution in [2.24, 2.45) is 0 Å². The van der Waals surface area contributed by atoms with Crippen molar-refractivity contribution in [1.82, 2.24) is 10.2 Å². The molecule has 0 aliphatic carbocycles. The average molecular weight is 586 g/mol. The SMILES string of the molecule is COc1ccc(C)cc1N(CC(=O)N(Cc1cccc(Cl)c1)[C@H](C)C(=O)NC(C)C)S(=O)(=O)c1ccc(C)cc1. The minimum atomic E-state index is -4.21. The second-order valence-corrected chi connectivity index (χ2v) is 12.3. The van der Waals surface area contributed by atoms with E-state index in [4.69, 9.17) is 16.3 Å². The highest BCUT2D eigenvalue weighted by Gasteiger charge is 2.34. The molecule has 0 bridgehead atoms. The molecule has 0 aromatic heterocycles. The number of halogens is 1. The number of ether oxygens (including phenoxy) is 1. The molecule has 0 fully saturated rings. The van der Waals surface area contributed by atoms with E-state index in [1.807, 2.05) is 27.7 Å². The topological polar surface area (TPSA) is 96.0 Å². The summed E-state index contributed by atoms with van der Waals surface area (Å²) in [5.41, 5.74) is 2.60. The first-order chi connectivity index (χ1) is 18.8. The second-order valence-electron chi connectivity index (χ2n) is 9.99. The highest BCUT2D eigenvalue weighted by atomic mass is 35.5. The summed E-state index contributed by atoms with van der Waals surface area (Å²) in [7, 11) is -2.77. The van der Waals surface area contributed by atoms with E-state index in [2.05, 4.69) is 5.32 Å². The molecule has 10 heteroatoms. The lowest BCUT2D eigenvalue weighted by Crippen LogP contribution is -2.52. The number of benzene rings is 3. The molecule has 3 rings (SSSR count). The standard InChI is InChI=1S/C30H36ClN3O5S/c1-20(2)32-30(36)23(5)33(18-24-8-7-9-25(31)17-24)29(35)19-34(27-16-22(4)12-15-28(27)39-6)40(37,38)26-13-10-21(3)11-14-26/h7-17,20,23H,18-19H2,1-6H3,(H,32,36)/t23-/m1/s1. The summed E-state index contributed by atoms with van der Waals surface area (Å²) in [6.07, 6.45) is 0. The summed E-state index contributed by atoms with van der Waals surface area (Å²) < 4.78 is 34.6. The van der Waals surface area contributed by atoms with Gasteiger partial charge >= 0.3 is 0 Å². The van der Waals surface area contributed by atoms with Gasteiger partial charge in [0.2, 0.25) is 11.8 Å². The van der Waals surface area contributed by atoms with Gasteiger partial charge in [0, 0.05) is 17.6 Å². The molecule has 1 N–H and O–H groups in total. The van der Waals surface area contributed by atoms with Crippen molar-refractivity contribution in [3.63, 3.8) is 0 Å². The number of nitrogens with zero attached hydrogens (tertiary/aromatic N) is 2. The van der Waals surface area contributed by atoms with Gasteiger partial charge < -0.3 is 15.0 Å². The third-order valence-corrected chi connectivity index (χ3v) is 8.34. The molecule has 1 atom stereocenters. The van der Waals surface area contributed by atoms with Crippen LogP contribution in [0.5, 0.6) is 5.75 Å². The molecule has 0 saturated carbocycles. The molecule has 0 heterocycles. The number of carbonyl (C=O) groups excluding carboxylic acids is 2. The Hall–Kier alpha value is -3.56. The van der Waals surface area contributed by atoms with Crippen LogP contribution in [0, 0.1) is 13.8 Å². The van der Waals surface area contributed by atoms with Gasteiger partial charge in [-0.3, -0.25) is 13.9 Å². The van der Waals surface area contributed by atoms with E-state index in [0.29, 0.717) is 16.3 Å². The van der Waals surface area contributed by atoms with Gasteiger partial charge in [-0.05, 0) is 82.1 Å². The van der Waals surface area contributed by atoms with E-state index in [1.54, 1.807) is 61.5 Å². The molecule has 0 radical (unpaired) electrons. The van der Waals surface area contributed by atoms with Crippen LogP contribution in [0.3, 0.4) is 0 Å². The van der Waals surface area contributed by atoms with Crippen LogP contribution in [0.1, 0.15) is 37.5 Å². The molecule has 0 spiro atoms. The number of methoxy groups -OCH3 is 1. The maximum atomic E-state index is 14.0. The van der Waals surface area contributed by atoms with Crippen molar-refractivity contribution in [2.75, 3.05) is 18.0 Å². The van der Waals surface area contributed by atoms with Gasteiger partial charge in [0.1, 0.15) is 18.3 Å². The third-order valence-electron chi connectivity index (χ3n) is 6.33. The quantitative estimate of drug-likeness (QED) is 0.338. The lowest BCUT2D eigenvalue weighted by Gasteiger charge is -2.32. The largest absolute Gasteiger partial charge is 0.495 e. The Morgan fingerprint density at radius 3 is 2.20 bits per heavy atom. The van der Waals surface area contributed by atoms with E-state index in [0.717, 1.165) is 15.4 Å². The molecule has 214 valence electrons. The fraction of sp³-hybridized carbons (Fsp3) is 0.333. The minimum absolute atomic E-state index is 0.0291. The normalized spacial score (nSPS) is 12.1. The zero-order valence-corrected chi connectivity index (χ0v) is 25.2. The Balaban J connectivity index is 2.11. The van der Waals surface area contributed by atoms with Gasteiger partial charge in [-0.1, -0.05) is 47.5 Å². The molecule has 0 unspecified atom stereocenters. The number of hydrogen-bond acceptors (Lipinski definition) is 5. The number of rotatable bonds is 11. The summed E-state index contributed by atoms with van der Waals surface area (Å²) in [6, 6.07) is 17.5. The van der Waals surface area contributed by atoms with E-state index in [1.165, 1.54) is 24.1 Å². The number of sulfonamides is 1. The molecular formula is C30H36ClN3O5S. The summed E-state index contributed by atoms with van der Waals surface area (Å²) in [5, 5.41) is 3.32. The Morgan fingerprint density at radius 1 is 0.950 bits per heavy atom. The Bertz CT molecular complexity index is 1460. The van der Waals surface area contributed by atoms with Gasteiger partial charge in [-0.25, -0.2) is 8.42 Å². The van der Waals surface area contributed by atoms with Crippen molar-refractivity contribution in [3.05, 3.63) is 88.4 Å². The molecule has 3 aromatic rings. The first-order valence-electron chi connectivity index (χ1n) is 12.9. The fourth-order valence-corrected chi connectivity index (χ4v) is 5.79. The number of anilines is 1. The van der Waals surface area contributed by atoms with Gasteiger partial charge in [0.05, 0.1) is 17.7 Å². The van der Waals surface area contributed by atoms with Gasteiger partial charge in [0.15, 0.2) is 0 Å².